The molecule has 7 heteroatoms. The summed E-state index contributed by atoms with van der Waals surface area (Å²) in [6, 6.07) is 1.52. The average Bonchev–Trinajstić information content (AvgIpc) is 2.85. The fourth-order valence-electron chi connectivity index (χ4n) is 1.65. The maximum absolute atomic E-state index is 11.9. The number of aryl methyl sites for hydroxylation is 2. The summed E-state index contributed by atoms with van der Waals surface area (Å²) in [7, 11) is 0. The molecule has 19 heavy (non-hydrogen) atoms. The van der Waals surface area contributed by atoms with Crippen LogP contribution in [0.4, 0.5) is 5.00 Å². The highest BCUT2D eigenvalue weighted by atomic mass is 32.1. The number of carbonyl (C=O) groups is 2. The van der Waals surface area contributed by atoms with Crippen LogP contribution in [-0.4, -0.2) is 17.0 Å². The number of primary amides is 1. The van der Waals surface area contributed by atoms with Gasteiger partial charge in [0.05, 0.1) is 5.56 Å². The molecule has 0 aliphatic rings. The third-order valence-electron chi connectivity index (χ3n) is 2.72. The fraction of sp³-hybridized carbons (Fsp3) is 0.250. The van der Waals surface area contributed by atoms with Crippen molar-refractivity contribution in [2.24, 2.45) is 5.73 Å². The zero-order valence-corrected chi connectivity index (χ0v) is 11.6. The molecule has 0 aromatic carbocycles. The summed E-state index contributed by atoms with van der Waals surface area (Å²) in [5.41, 5.74) is 6.62. The zero-order valence-electron chi connectivity index (χ0n) is 10.7. The standard InChI is InChI=1S/C12H13N3O3S/c1-5-4-8(15-18-5)11(17)14-12-9(10(13)16)6(2)7(3)19-12/h4H,1-3H3,(H2,13,16)(H,14,17). The molecule has 0 unspecified atom stereocenters. The van der Waals surface area contributed by atoms with E-state index in [0.29, 0.717) is 16.3 Å². The molecule has 2 aromatic rings. The Hall–Kier alpha value is -2.15. The Morgan fingerprint density at radius 1 is 1.37 bits per heavy atom. The topological polar surface area (TPSA) is 98.2 Å². The molecule has 0 bridgehead atoms. The van der Waals surface area contributed by atoms with Crippen LogP contribution >= 0.6 is 11.3 Å². The number of carbonyl (C=O) groups excluding carboxylic acids is 2. The van der Waals surface area contributed by atoms with Crippen molar-refractivity contribution in [3.8, 4) is 0 Å². The van der Waals surface area contributed by atoms with Gasteiger partial charge in [-0.05, 0) is 26.3 Å². The van der Waals surface area contributed by atoms with Gasteiger partial charge in [0.25, 0.3) is 11.8 Å². The van der Waals surface area contributed by atoms with Gasteiger partial charge in [0.15, 0.2) is 5.69 Å². The van der Waals surface area contributed by atoms with Gasteiger partial charge in [-0.15, -0.1) is 11.3 Å². The van der Waals surface area contributed by atoms with Gasteiger partial charge >= 0.3 is 0 Å². The summed E-state index contributed by atoms with van der Waals surface area (Å²) in [4.78, 5) is 24.3. The summed E-state index contributed by atoms with van der Waals surface area (Å²) in [5, 5.41) is 6.69. The van der Waals surface area contributed by atoms with E-state index in [1.807, 2.05) is 6.92 Å². The van der Waals surface area contributed by atoms with Gasteiger partial charge in [-0.3, -0.25) is 9.59 Å². The molecule has 2 heterocycles. The van der Waals surface area contributed by atoms with E-state index in [1.54, 1.807) is 13.8 Å². The van der Waals surface area contributed by atoms with Gasteiger partial charge in [-0.2, -0.15) is 0 Å². The number of amides is 2. The van der Waals surface area contributed by atoms with Crippen molar-refractivity contribution in [2.45, 2.75) is 20.8 Å². The van der Waals surface area contributed by atoms with Crippen molar-refractivity contribution in [3.05, 3.63) is 33.5 Å². The number of hydrogen-bond acceptors (Lipinski definition) is 5. The molecule has 2 amide bonds. The number of thiophene rings is 1. The van der Waals surface area contributed by atoms with E-state index in [9.17, 15) is 9.59 Å². The molecule has 0 radical (unpaired) electrons. The van der Waals surface area contributed by atoms with Gasteiger partial charge in [-0.25, -0.2) is 0 Å². The van der Waals surface area contributed by atoms with E-state index < -0.39 is 11.8 Å². The molecule has 0 aliphatic heterocycles. The van der Waals surface area contributed by atoms with Crippen molar-refractivity contribution < 1.29 is 14.1 Å². The Morgan fingerprint density at radius 3 is 2.58 bits per heavy atom. The first kappa shape index (κ1) is 13.3. The second-order valence-corrected chi connectivity index (χ2v) is 5.35. The van der Waals surface area contributed by atoms with Crippen LogP contribution in [0.1, 0.15) is 37.0 Å². The lowest BCUT2D eigenvalue weighted by atomic mass is 10.1. The zero-order chi connectivity index (χ0) is 14.2. The van der Waals surface area contributed by atoms with Crippen LogP contribution in [0.25, 0.3) is 0 Å². The highest BCUT2D eigenvalue weighted by Crippen LogP contribution is 2.32. The average molecular weight is 279 g/mol. The molecular formula is C12H13N3O3S. The molecule has 100 valence electrons. The van der Waals surface area contributed by atoms with E-state index in [2.05, 4.69) is 10.5 Å². The second-order valence-electron chi connectivity index (χ2n) is 4.13. The Morgan fingerprint density at radius 2 is 2.05 bits per heavy atom. The molecule has 3 N–H and O–H groups in total. The molecule has 0 atom stereocenters. The number of nitrogens with two attached hydrogens (primary N) is 1. The minimum Gasteiger partial charge on any atom is -0.365 e. The monoisotopic (exact) mass is 279 g/mol. The van der Waals surface area contributed by atoms with Gasteiger partial charge in [0.1, 0.15) is 10.8 Å². The summed E-state index contributed by atoms with van der Waals surface area (Å²) in [6.07, 6.45) is 0. The van der Waals surface area contributed by atoms with E-state index in [4.69, 9.17) is 10.3 Å². The van der Waals surface area contributed by atoms with Gasteiger partial charge < -0.3 is 15.6 Å². The van der Waals surface area contributed by atoms with E-state index in [1.165, 1.54) is 17.4 Å². The molecule has 2 aromatic heterocycles. The molecule has 0 saturated carbocycles. The Labute approximate surface area is 113 Å². The lowest BCUT2D eigenvalue weighted by Crippen LogP contribution is -2.17. The maximum atomic E-state index is 11.9. The number of nitrogens with zero attached hydrogens (tertiary/aromatic N) is 1. The highest BCUT2D eigenvalue weighted by molar-refractivity contribution is 7.16. The number of rotatable bonds is 3. The first-order chi connectivity index (χ1) is 8.90. The van der Waals surface area contributed by atoms with Crippen LogP contribution in [0.3, 0.4) is 0 Å². The molecule has 0 spiro atoms. The van der Waals surface area contributed by atoms with Crippen LogP contribution in [0.5, 0.6) is 0 Å². The van der Waals surface area contributed by atoms with Crippen LogP contribution in [-0.2, 0) is 0 Å². The summed E-state index contributed by atoms with van der Waals surface area (Å²) >= 11 is 1.31. The predicted molar refractivity (Wildman–Crippen MR) is 71.5 cm³/mol. The van der Waals surface area contributed by atoms with E-state index in [-0.39, 0.29) is 5.69 Å². The van der Waals surface area contributed by atoms with Crippen LogP contribution < -0.4 is 11.1 Å². The van der Waals surface area contributed by atoms with Crippen LogP contribution in [0.15, 0.2) is 10.6 Å². The second kappa shape index (κ2) is 4.85. The predicted octanol–water partition coefficient (Wildman–Crippen LogP) is 2.01. The van der Waals surface area contributed by atoms with Gasteiger partial charge in [-0.1, -0.05) is 5.16 Å². The van der Waals surface area contributed by atoms with Crippen molar-refractivity contribution in [2.75, 3.05) is 5.32 Å². The molecule has 0 fully saturated rings. The lowest BCUT2D eigenvalue weighted by Gasteiger charge is -2.02. The summed E-state index contributed by atoms with van der Waals surface area (Å²) in [6.45, 7) is 5.35. The SMILES string of the molecule is Cc1cc(C(=O)Nc2sc(C)c(C)c2C(N)=O)no1. The largest absolute Gasteiger partial charge is 0.365 e. The van der Waals surface area contributed by atoms with Crippen LogP contribution in [0, 0.1) is 20.8 Å². The summed E-state index contributed by atoms with van der Waals surface area (Å²) < 4.78 is 4.83. The number of aromatic nitrogens is 1. The Kier molecular flexibility index (Phi) is 3.39. The highest BCUT2D eigenvalue weighted by Gasteiger charge is 2.20. The minimum absolute atomic E-state index is 0.164. The normalized spacial score (nSPS) is 10.5. The summed E-state index contributed by atoms with van der Waals surface area (Å²) in [5.74, 6) is -0.451. The van der Waals surface area contributed by atoms with Gasteiger partial charge in [0.2, 0.25) is 0 Å². The first-order valence-corrected chi connectivity index (χ1v) is 6.36. The smallest absolute Gasteiger partial charge is 0.278 e. The molecule has 0 saturated heterocycles. The number of anilines is 1. The van der Waals surface area contributed by atoms with Crippen molar-refractivity contribution in [1.82, 2.24) is 5.16 Å². The maximum Gasteiger partial charge on any atom is 0.278 e. The van der Waals surface area contributed by atoms with Crippen LogP contribution in [0.2, 0.25) is 0 Å². The molecule has 6 nitrogen and oxygen atoms in total. The first-order valence-electron chi connectivity index (χ1n) is 5.54. The molecular weight excluding hydrogens is 266 g/mol. The minimum atomic E-state index is -0.562. The molecule has 2 rings (SSSR count). The Bertz CT molecular complexity index is 657. The third-order valence-corrected chi connectivity index (χ3v) is 3.84. The van der Waals surface area contributed by atoms with Crippen molar-refractivity contribution in [3.63, 3.8) is 0 Å². The quantitative estimate of drug-likeness (QED) is 0.897. The van der Waals surface area contributed by atoms with Gasteiger partial charge in [0, 0.05) is 10.9 Å². The fourth-order valence-corrected chi connectivity index (χ4v) is 2.71. The third kappa shape index (κ3) is 2.50. The van der Waals surface area contributed by atoms with Crippen molar-refractivity contribution >= 4 is 28.2 Å². The molecule has 0 aliphatic carbocycles. The lowest BCUT2D eigenvalue weighted by molar-refractivity contribution is 0.100. The van der Waals surface area contributed by atoms with E-state index >= 15 is 0 Å². The number of nitrogens with one attached hydrogen (secondary N) is 1. The van der Waals surface area contributed by atoms with E-state index in [0.717, 1.165) is 10.4 Å². The Balaban J connectivity index is 2.31. The number of hydrogen-bond donors (Lipinski definition) is 2. The van der Waals surface area contributed by atoms with Crippen molar-refractivity contribution in [1.29, 1.82) is 0 Å².